The lowest BCUT2D eigenvalue weighted by Gasteiger charge is -2.13. The van der Waals surface area contributed by atoms with Crippen LogP contribution in [0.25, 0.3) is 0 Å². The van der Waals surface area contributed by atoms with Gasteiger partial charge in [-0.05, 0) is 43.4 Å². The van der Waals surface area contributed by atoms with Gasteiger partial charge in [-0.2, -0.15) is 0 Å². The van der Waals surface area contributed by atoms with Crippen LogP contribution < -0.4 is 4.74 Å². The summed E-state index contributed by atoms with van der Waals surface area (Å²) in [6.45, 7) is 1.95. The van der Waals surface area contributed by atoms with Crippen LogP contribution in [-0.4, -0.2) is 28.7 Å². The zero-order valence-corrected chi connectivity index (χ0v) is 12.8. The molecule has 22 heavy (non-hydrogen) atoms. The Morgan fingerprint density at radius 1 is 1.27 bits per heavy atom. The van der Waals surface area contributed by atoms with Crippen molar-refractivity contribution in [3.05, 3.63) is 53.3 Å². The van der Waals surface area contributed by atoms with Crippen molar-refractivity contribution >= 4 is 5.78 Å². The van der Waals surface area contributed by atoms with E-state index in [1.54, 1.807) is 13.0 Å². The third kappa shape index (κ3) is 4.46. The predicted octanol–water partition coefficient (Wildman–Crippen LogP) is 3.11. The fraction of sp³-hybridized carbons (Fsp3) is 0.389. The summed E-state index contributed by atoms with van der Waals surface area (Å²) in [5, 5.41) is 19.1. The smallest absolute Gasteiger partial charge is 0.201 e. The first-order chi connectivity index (χ1) is 10.6. The van der Waals surface area contributed by atoms with E-state index in [9.17, 15) is 15.0 Å². The molecule has 0 spiro atoms. The Labute approximate surface area is 130 Å². The third-order valence-electron chi connectivity index (χ3n) is 3.54. The van der Waals surface area contributed by atoms with Crippen LogP contribution in [0.5, 0.6) is 5.75 Å². The summed E-state index contributed by atoms with van der Waals surface area (Å²) in [4.78, 5) is 11.4. The van der Waals surface area contributed by atoms with Crippen LogP contribution in [0.3, 0.4) is 0 Å². The number of hydrogen-bond acceptors (Lipinski definition) is 4. The number of benzene rings is 1. The molecule has 4 heteroatoms. The molecule has 0 radical (unpaired) electrons. The van der Waals surface area contributed by atoms with Gasteiger partial charge in [-0.3, -0.25) is 4.79 Å². The number of aliphatic hydroxyl groups is 2. The van der Waals surface area contributed by atoms with Gasteiger partial charge >= 0.3 is 0 Å². The van der Waals surface area contributed by atoms with Crippen molar-refractivity contribution in [1.82, 2.24) is 0 Å². The molecule has 0 saturated carbocycles. The second kappa shape index (κ2) is 7.80. The van der Waals surface area contributed by atoms with Gasteiger partial charge < -0.3 is 14.9 Å². The van der Waals surface area contributed by atoms with E-state index >= 15 is 0 Å². The molecule has 1 atom stereocenters. The van der Waals surface area contributed by atoms with Crippen LogP contribution in [0.4, 0.5) is 0 Å². The fourth-order valence-corrected chi connectivity index (χ4v) is 2.40. The van der Waals surface area contributed by atoms with Gasteiger partial charge in [-0.25, -0.2) is 0 Å². The molecule has 1 aliphatic rings. The number of Topliss-reactive ketones (excluding diaryl/α,β-unsaturated/α-hetero) is 1. The average Bonchev–Trinajstić information content (AvgIpc) is 2.50. The van der Waals surface area contributed by atoms with Crippen LogP contribution in [0.15, 0.2) is 47.7 Å². The maximum Gasteiger partial charge on any atom is 0.201 e. The van der Waals surface area contributed by atoms with Crippen molar-refractivity contribution < 1.29 is 19.7 Å². The highest BCUT2D eigenvalue weighted by Crippen LogP contribution is 2.23. The van der Waals surface area contributed by atoms with Gasteiger partial charge in [0.15, 0.2) is 5.76 Å². The number of carbonyl (C=O) groups is 1. The number of rotatable bonds is 7. The van der Waals surface area contributed by atoms with Crippen molar-refractivity contribution in [2.45, 2.75) is 38.7 Å². The molecule has 0 aromatic heterocycles. The van der Waals surface area contributed by atoms with Crippen molar-refractivity contribution in [1.29, 1.82) is 0 Å². The summed E-state index contributed by atoms with van der Waals surface area (Å²) in [6.07, 6.45) is 5.64. The first kappa shape index (κ1) is 16.3. The van der Waals surface area contributed by atoms with Gasteiger partial charge in [0.2, 0.25) is 5.78 Å². The van der Waals surface area contributed by atoms with Crippen LogP contribution in [0.1, 0.15) is 31.7 Å². The van der Waals surface area contributed by atoms with E-state index in [0.717, 1.165) is 24.2 Å². The van der Waals surface area contributed by atoms with Gasteiger partial charge in [-0.1, -0.05) is 30.4 Å². The molecular formula is C18H22O4. The first-order valence-electron chi connectivity index (χ1n) is 7.58. The summed E-state index contributed by atoms with van der Waals surface area (Å²) in [5.41, 5.74) is 1.77. The van der Waals surface area contributed by atoms with Crippen molar-refractivity contribution in [3.63, 3.8) is 0 Å². The lowest BCUT2D eigenvalue weighted by molar-refractivity contribution is -0.117. The number of allylic oxidation sites excluding steroid dienone is 4. The van der Waals surface area contributed by atoms with Gasteiger partial charge in [0.1, 0.15) is 12.4 Å². The quantitative estimate of drug-likeness (QED) is 0.812. The maximum absolute atomic E-state index is 11.4. The Bertz CT molecular complexity index is 585. The van der Waals surface area contributed by atoms with E-state index in [1.807, 2.05) is 30.3 Å². The van der Waals surface area contributed by atoms with Crippen molar-refractivity contribution in [2.24, 2.45) is 0 Å². The molecule has 2 N–H and O–H groups in total. The molecule has 1 aliphatic carbocycles. The van der Waals surface area contributed by atoms with Gasteiger partial charge in [0.05, 0.1) is 6.10 Å². The second-order valence-electron chi connectivity index (χ2n) is 5.52. The third-order valence-corrected chi connectivity index (χ3v) is 3.54. The molecule has 0 saturated heterocycles. The molecule has 0 aliphatic heterocycles. The van der Waals surface area contributed by atoms with Gasteiger partial charge in [-0.15, -0.1) is 0 Å². The van der Waals surface area contributed by atoms with Crippen LogP contribution in [-0.2, 0) is 11.2 Å². The number of ether oxygens (including phenoxy) is 1. The molecule has 1 aromatic carbocycles. The predicted molar refractivity (Wildman–Crippen MR) is 85.0 cm³/mol. The molecule has 1 aromatic rings. The van der Waals surface area contributed by atoms with E-state index in [4.69, 9.17) is 4.74 Å². The number of aryl methyl sites for hydroxylation is 1. The minimum Gasteiger partial charge on any atom is -0.504 e. The number of para-hydroxylation sites is 1. The van der Waals surface area contributed by atoms with E-state index in [2.05, 4.69) is 0 Å². The molecule has 0 bridgehead atoms. The van der Waals surface area contributed by atoms with E-state index in [-0.39, 0.29) is 24.6 Å². The Kier molecular flexibility index (Phi) is 5.78. The Morgan fingerprint density at radius 3 is 2.82 bits per heavy atom. The highest BCUT2D eigenvalue weighted by atomic mass is 16.5. The highest BCUT2D eigenvalue weighted by molar-refractivity contribution is 5.96. The second-order valence-corrected chi connectivity index (χ2v) is 5.52. The van der Waals surface area contributed by atoms with Crippen LogP contribution >= 0.6 is 0 Å². The molecule has 4 nitrogen and oxygen atoms in total. The Balaban J connectivity index is 1.93. The molecule has 0 heterocycles. The SMILES string of the molecule is CC(O)COc1ccccc1CCCC1=C(O)C(=O)CC=C1. The molecule has 0 amide bonds. The maximum atomic E-state index is 11.4. The summed E-state index contributed by atoms with van der Waals surface area (Å²) >= 11 is 0. The Morgan fingerprint density at radius 2 is 2.05 bits per heavy atom. The molecular weight excluding hydrogens is 280 g/mol. The number of carbonyl (C=O) groups excluding carboxylic acids is 1. The van der Waals surface area contributed by atoms with Gasteiger partial charge in [0, 0.05) is 6.42 Å². The van der Waals surface area contributed by atoms with Crippen LogP contribution in [0, 0.1) is 0 Å². The molecule has 118 valence electrons. The summed E-state index contributed by atoms with van der Waals surface area (Å²) in [6, 6.07) is 7.73. The zero-order valence-electron chi connectivity index (χ0n) is 12.8. The normalized spacial score (nSPS) is 16.0. The van der Waals surface area contributed by atoms with E-state index in [1.165, 1.54) is 0 Å². The summed E-state index contributed by atoms with van der Waals surface area (Å²) in [5.74, 6) is 0.469. The molecule has 2 rings (SSSR count). The van der Waals surface area contributed by atoms with Gasteiger partial charge in [0.25, 0.3) is 0 Å². The monoisotopic (exact) mass is 302 g/mol. The highest BCUT2D eigenvalue weighted by Gasteiger charge is 2.15. The fourth-order valence-electron chi connectivity index (χ4n) is 2.40. The number of ketones is 1. The van der Waals surface area contributed by atoms with Crippen molar-refractivity contribution in [2.75, 3.05) is 6.61 Å². The summed E-state index contributed by atoms with van der Waals surface area (Å²) in [7, 11) is 0. The number of hydrogen-bond donors (Lipinski definition) is 2. The minimum absolute atomic E-state index is 0.0962. The standard InChI is InChI=1S/C18H22O4/c1-13(19)12-22-17-11-3-2-6-14(17)7-4-8-15-9-5-10-16(20)18(15)21/h2-3,5-6,9,11,13,19,21H,4,7-8,10,12H2,1H3. The van der Waals surface area contributed by atoms with Crippen LogP contribution in [0.2, 0.25) is 0 Å². The largest absolute Gasteiger partial charge is 0.504 e. The lowest BCUT2D eigenvalue weighted by atomic mass is 9.97. The van der Waals surface area contributed by atoms with E-state index < -0.39 is 6.10 Å². The number of aliphatic hydroxyl groups excluding tert-OH is 2. The van der Waals surface area contributed by atoms with Crippen molar-refractivity contribution in [3.8, 4) is 5.75 Å². The zero-order chi connectivity index (χ0) is 15.9. The topological polar surface area (TPSA) is 66.8 Å². The van der Waals surface area contributed by atoms with E-state index in [0.29, 0.717) is 12.0 Å². The lowest BCUT2D eigenvalue weighted by Crippen LogP contribution is -2.13. The Hall–Kier alpha value is -2.07. The average molecular weight is 302 g/mol. The minimum atomic E-state index is -0.506. The first-order valence-corrected chi connectivity index (χ1v) is 7.58. The summed E-state index contributed by atoms with van der Waals surface area (Å²) < 4.78 is 5.60. The molecule has 1 unspecified atom stereocenters. The molecule has 0 fully saturated rings.